The molecule has 0 N–H and O–H groups in total. The van der Waals surface area contributed by atoms with Gasteiger partial charge in [0.15, 0.2) is 0 Å². The molecule has 1 aliphatic rings. The fraction of sp³-hybridized carbons (Fsp3) is 0.0909. The fourth-order valence-corrected chi connectivity index (χ4v) is 5.17. The number of aryl methyl sites for hydroxylation is 1. The number of aromatic nitrogens is 1. The lowest BCUT2D eigenvalue weighted by Gasteiger charge is -2.22. The van der Waals surface area contributed by atoms with Crippen molar-refractivity contribution in [2.24, 2.45) is 7.05 Å². The van der Waals surface area contributed by atoms with Gasteiger partial charge in [0.2, 0.25) is 11.0 Å². The Hall–Kier alpha value is -2.85. The summed E-state index contributed by atoms with van der Waals surface area (Å²) in [5.41, 5.74) is 5.04. The number of nitrogens with zero attached hydrogens (tertiary/aromatic N) is 1. The van der Waals surface area contributed by atoms with Gasteiger partial charge in [-0.05, 0) is 23.8 Å². The smallest absolute Gasteiger partial charge is 0.338 e. The third-order valence-corrected chi connectivity index (χ3v) is 6.24. The third kappa shape index (κ3) is 1.96. The second-order valence-corrected chi connectivity index (χ2v) is 7.43. The van der Waals surface area contributed by atoms with Gasteiger partial charge in [-0.25, -0.2) is 4.79 Å². The Morgan fingerprint density at radius 1 is 0.962 bits per heavy atom. The standard InChI is InChI=1S/C22H16NO2S/c1-23-16-10-4-3-7-13(16)21-20-14(8-5-11-17(20)23)19-15(22(24)25-2)9-6-12-18(19)26-21/h3-12H,1-2H3/q+1. The van der Waals surface area contributed by atoms with Crippen molar-refractivity contribution in [3.8, 4) is 11.1 Å². The fourth-order valence-electron chi connectivity index (χ4n) is 3.88. The highest BCUT2D eigenvalue weighted by atomic mass is 32.2. The van der Waals surface area contributed by atoms with Crippen LogP contribution in [0.5, 0.6) is 0 Å². The van der Waals surface area contributed by atoms with E-state index >= 15 is 0 Å². The number of pyridine rings is 1. The van der Waals surface area contributed by atoms with Crippen LogP contribution in [0.2, 0.25) is 0 Å². The van der Waals surface area contributed by atoms with Crippen LogP contribution in [0.4, 0.5) is 0 Å². The topological polar surface area (TPSA) is 30.2 Å². The van der Waals surface area contributed by atoms with E-state index in [1.165, 1.54) is 28.3 Å². The summed E-state index contributed by atoms with van der Waals surface area (Å²) in [6.07, 6.45) is 0. The highest BCUT2D eigenvalue weighted by Gasteiger charge is 2.29. The predicted octanol–water partition coefficient (Wildman–Crippen LogP) is 4.74. The number of carbonyl (C=O) groups excluding carboxylic acids is 1. The average Bonchev–Trinajstić information content (AvgIpc) is 2.70. The first kappa shape index (κ1) is 15.4. The second-order valence-electron chi connectivity index (χ2n) is 6.38. The summed E-state index contributed by atoms with van der Waals surface area (Å²) < 4.78 is 7.25. The van der Waals surface area contributed by atoms with Gasteiger partial charge in [-0.3, -0.25) is 0 Å². The van der Waals surface area contributed by atoms with Crippen molar-refractivity contribution in [2.45, 2.75) is 9.79 Å². The van der Waals surface area contributed by atoms with Crippen LogP contribution in [0, 0.1) is 0 Å². The lowest BCUT2D eigenvalue weighted by atomic mass is 9.94. The molecule has 0 aliphatic carbocycles. The van der Waals surface area contributed by atoms with Crippen molar-refractivity contribution in [3.05, 3.63) is 66.2 Å². The number of methoxy groups -OCH3 is 1. The van der Waals surface area contributed by atoms with Crippen molar-refractivity contribution in [1.82, 2.24) is 0 Å². The van der Waals surface area contributed by atoms with Crippen LogP contribution in [-0.2, 0) is 11.8 Å². The number of carbonyl (C=O) groups is 1. The zero-order chi connectivity index (χ0) is 17.8. The summed E-state index contributed by atoms with van der Waals surface area (Å²) >= 11 is 1.73. The monoisotopic (exact) mass is 358 g/mol. The first-order valence-electron chi connectivity index (χ1n) is 8.43. The summed E-state index contributed by atoms with van der Waals surface area (Å²) in [6, 6.07) is 20.6. The Bertz CT molecular complexity index is 1230. The Morgan fingerprint density at radius 3 is 2.58 bits per heavy atom. The molecule has 0 bridgehead atoms. The number of para-hydroxylation sites is 1. The maximum absolute atomic E-state index is 12.4. The quantitative estimate of drug-likeness (QED) is 0.246. The van der Waals surface area contributed by atoms with Gasteiger partial charge in [0.1, 0.15) is 7.05 Å². The molecule has 0 unspecified atom stereocenters. The van der Waals surface area contributed by atoms with Crippen molar-refractivity contribution in [1.29, 1.82) is 0 Å². The van der Waals surface area contributed by atoms with E-state index in [4.69, 9.17) is 4.74 Å². The molecule has 0 saturated heterocycles. The Kier molecular flexibility index (Phi) is 3.31. The van der Waals surface area contributed by atoms with E-state index < -0.39 is 0 Å². The summed E-state index contributed by atoms with van der Waals surface area (Å²) in [5, 5.41) is 2.43. The van der Waals surface area contributed by atoms with Crippen LogP contribution >= 0.6 is 11.8 Å². The van der Waals surface area contributed by atoms with Crippen molar-refractivity contribution < 1.29 is 14.1 Å². The molecule has 1 aromatic heterocycles. The largest absolute Gasteiger partial charge is 0.465 e. The molecule has 0 saturated carbocycles. The van der Waals surface area contributed by atoms with Gasteiger partial charge in [-0.1, -0.05) is 42.1 Å². The number of benzene rings is 3. The molecule has 0 atom stereocenters. The summed E-state index contributed by atoms with van der Waals surface area (Å²) in [4.78, 5) is 14.7. The van der Waals surface area contributed by atoms with E-state index in [1.807, 2.05) is 12.1 Å². The number of ether oxygens (including phenoxy) is 1. The zero-order valence-corrected chi connectivity index (χ0v) is 15.3. The van der Waals surface area contributed by atoms with E-state index in [0.29, 0.717) is 5.56 Å². The van der Waals surface area contributed by atoms with Crippen LogP contribution in [-0.4, -0.2) is 13.1 Å². The number of hydrogen-bond acceptors (Lipinski definition) is 3. The molecule has 2 heterocycles. The van der Waals surface area contributed by atoms with E-state index in [0.717, 1.165) is 21.5 Å². The van der Waals surface area contributed by atoms with Crippen LogP contribution < -0.4 is 4.57 Å². The van der Waals surface area contributed by atoms with Gasteiger partial charge < -0.3 is 4.74 Å². The Balaban J connectivity index is 1.99. The first-order valence-corrected chi connectivity index (χ1v) is 9.25. The van der Waals surface area contributed by atoms with E-state index in [-0.39, 0.29) is 5.97 Å². The molecule has 3 aromatic carbocycles. The maximum Gasteiger partial charge on any atom is 0.338 e. The summed E-state index contributed by atoms with van der Waals surface area (Å²) in [6.45, 7) is 0. The maximum atomic E-state index is 12.4. The first-order chi connectivity index (χ1) is 12.7. The van der Waals surface area contributed by atoms with Crippen molar-refractivity contribution in [2.75, 3.05) is 7.11 Å². The van der Waals surface area contributed by atoms with Crippen LogP contribution in [0.25, 0.3) is 32.9 Å². The van der Waals surface area contributed by atoms with E-state index in [2.05, 4.69) is 60.1 Å². The normalized spacial score (nSPS) is 12.2. The molecule has 0 amide bonds. The number of hydrogen-bond donors (Lipinski definition) is 0. The number of fused-ring (bicyclic) bond motifs is 4. The second kappa shape index (κ2) is 5.58. The van der Waals surface area contributed by atoms with Crippen LogP contribution in [0.1, 0.15) is 10.4 Å². The molecule has 0 spiro atoms. The third-order valence-electron chi connectivity index (χ3n) is 5.05. The van der Waals surface area contributed by atoms with Gasteiger partial charge in [0.25, 0.3) is 0 Å². The predicted molar refractivity (Wildman–Crippen MR) is 104 cm³/mol. The van der Waals surface area contributed by atoms with Crippen LogP contribution in [0.15, 0.2) is 70.5 Å². The average molecular weight is 358 g/mol. The van der Waals surface area contributed by atoms with E-state index in [9.17, 15) is 4.79 Å². The van der Waals surface area contributed by atoms with Gasteiger partial charge in [0, 0.05) is 27.5 Å². The molecule has 0 fully saturated rings. The lowest BCUT2D eigenvalue weighted by Crippen LogP contribution is -2.30. The van der Waals surface area contributed by atoms with Gasteiger partial charge in [-0.15, -0.1) is 0 Å². The Labute approximate surface area is 155 Å². The molecule has 4 aromatic rings. The molecule has 4 heteroatoms. The number of esters is 1. The van der Waals surface area contributed by atoms with Gasteiger partial charge >= 0.3 is 5.97 Å². The molecule has 126 valence electrons. The van der Waals surface area contributed by atoms with Gasteiger partial charge in [-0.2, -0.15) is 4.57 Å². The summed E-state index contributed by atoms with van der Waals surface area (Å²) in [5.74, 6) is -0.298. The zero-order valence-electron chi connectivity index (χ0n) is 14.4. The highest BCUT2D eigenvalue weighted by molar-refractivity contribution is 8.00. The Morgan fingerprint density at radius 2 is 1.73 bits per heavy atom. The summed E-state index contributed by atoms with van der Waals surface area (Å²) in [7, 11) is 3.53. The minimum Gasteiger partial charge on any atom is -0.465 e. The SMILES string of the molecule is COC(=O)c1cccc2c1-c1cccc3c1c(c1ccccc1[n+]3C)S2. The van der Waals surface area contributed by atoms with Crippen LogP contribution in [0.3, 0.4) is 0 Å². The molecular weight excluding hydrogens is 342 g/mol. The molecule has 0 radical (unpaired) electrons. The van der Waals surface area contributed by atoms with E-state index in [1.54, 1.807) is 11.8 Å². The molecule has 26 heavy (non-hydrogen) atoms. The molecule has 3 nitrogen and oxygen atoms in total. The highest BCUT2D eigenvalue weighted by Crippen LogP contribution is 2.50. The van der Waals surface area contributed by atoms with Crippen molar-refractivity contribution in [3.63, 3.8) is 0 Å². The van der Waals surface area contributed by atoms with Gasteiger partial charge in [0.05, 0.1) is 23.4 Å². The lowest BCUT2D eigenvalue weighted by molar-refractivity contribution is -0.617. The number of rotatable bonds is 1. The minimum absolute atomic E-state index is 0.298. The molecule has 5 rings (SSSR count). The minimum atomic E-state index is -0.298. The van der Waals surface area contributed by atoms with Crippen molar-refractivity contribution >= 4 is 39.5 Å². The molecule has 1 aliphatic heterocycles. The molecular formula is C22H16NO2S+.